The molecule has 1 N–H and O–H groups in total. The fraction of sp³-hybridized carbons (Fsp3) is 0.333. The van der Waals surface area contributed by atoms with Crippen LogP contribution in [-0.2, 0) is 6.54 Å². The highest BCUT2D eigenvalue weighted by atomic mass is 16.5. The average Bonchev–Trinajstić information content (AvgIpc) is 2.54. The molecule has 1 heterocycles. The topological polar surface area (TPSA) is 60.5 Å². The number of methoxy groups -OCH3 is 2. The van der Waals surface area contributed by atoms with Gasteiger partial charge in [0, 0.05) is 17.3 Å². The fourth-order valence-corrected chi connectivity index (χ4v) is 2.60. The molecule has 122 valence electrons. The van der Waals surface area contributed by atoms with Crippen molar-refractivity contribution >= 4 is 5.91 Å². The van der Waals surface area contributed by atoms with E-state index in [2.05, 4.69) is 10.3 Å². The van der Waals surface area contributed by atoms with Crippen LogP contribution in [0, 0.1) is 20.8 Å². The van der Waals surface area contributed by atoms with Crippen molar-refractivity contribution in [2.75, 3.05) is 14.2 Å². The monoisotopic (exact) mass is 314 g/mol. The lowest BCUT2D eigenvalue weighted by molar-refractivity contribution is 0.0946. The summed E-state index contributed by atoms with van der Waals surface area (Å²) in [6.07, 6.45) is 1.75. The van der Waals surface area contributed by atoms with E-state index in [1.165, 1.54) is 0 Å². The highest BCUT2D eigenvalue weighted by Crippen LogP contribution is 2.24. The molecule has 0 aliphatic carbocycles. The van der Waals surface area contributed by atoms with Gasteiger partial charge in [0.25, 0.3) is 5.91 Å². The van der Waals surface area contributed by atoms with Gasteiger partial charge in [-0.3, -0.25) is 9.78 Å². The Labute approximate surface area is 136 Å². The minimum atomic E-state index is -0.180. The highest BCUT2D eigenvalue weighted by Gasteiger charge is 2.16. The first kappa shape index (κ1) is 16.8. The summed E-state index contributed by atoms with van der Waals surface area (Å²) in [5.41, 5.74) is 4.11. The summed E-state index contributed by atoms with van der Waals surface area (Å²) >= 11 is 0. The van der Waals surface area contributed by atoms with E-state index in [4.69, 9.17) is 9.47 Å². The summed E-state index contributed by atoms with van der Waals surface area (Å²) in [5.74, 6) is 1.19. The number of pyridine rings is 1. The number of rotatable bonds is 5. The summed E-state index contributed by atoms with van der Waals surface area (Å²) in [7, 11) is 3.19. The highest BCUT2D eigenvalue weighted by molar-refractivity contribution is 5.98. The van der Waals surface area contributed by atoms with E-state index in [9.17, 15) is 4.79 Å². The number of hydrogen-bond acceptors (Lipinski definition) is 4. The molecule has 5 heteroatoms. The second-order valence-corrected chi connectivity index (χ2v) is 5.38. The molecular weight excluding hydrogens is 292 g/mol. The molecule has 23 heavy (non-hydrogen) atoms. The van der Waals surface area contributed by atoms with Gasteiger partial charge in [-0.2, -0.15) is 0 Å². The molecule has 0 unspecified atom stereocenters. The first-order valence-corrected chi connectivity index (χ1v) is 7.40. The van der Waals surface area contributed by atoms with Gasteiger partial charge in [0.05, 0.1) is 32.0 Å². The van der Waals surface area contributed by atoms with E-state index in [0.29, 0.717) is 17.9 Å². The minimum Gasteiger partial charge on any atom is -0.496 e. The lowest BCUT2D eigenvalue weighted by Gasteiger charge is -2.14. The third-order valence-electron chi connectivity index (χ3n) is 3.85. The molecule has 0 fully saturated rings. The van der Waals surface area contributed by atoms with E-state index in [1.54, 1.807) is 26.5 Å². The second kappa shape index (κ2) is 7.13. The zero-order valence-corrected chi connectivity index (χ0v) is 14.2. The van der Waals surface area contributed by atoms with Gasteiger partial charge in [0.1, 0.15) is 11.5 Å². The smallest absolute Gasteiger partial charge is 0.255 e. The molecule has 0 spiro atoms. The molecule has 1 aromatic carbocycles. The van der Waals surface area contributed by atoms with E-state index >= 15 is 0 Å². The molecule has 0 bridgehead atoms. The lowest BCUT2D eigenvalue weighted by atomic mass is 10.1. The van der Waals surface area contributed by atoms with Crippen molar-refractivity contribution in [2.45, 2.75) is 27.3 Å². The van der Waals surface area contributed by atoms with Crippen molar-refractivity contribution in [3.05, 3.63) is 52.3 Å². The molecule has 0 saturated carbocycles. The SMILES string of the molecule is COc1cccc(C)c1C(=O)NCc1ncc(C)c(OC)c1C. The summed E-state index contributed by atoms with van der Waals surface area (Å²) in [6.45, 7) is 6.10. The van der Waals surface area contributed by atoms with Crippen LogP contribution in [0.1, 0.15) is 32.7 Å². The number of carbonyl (C=O) groups is 1. The van der Waals surface area contributed by atoms with Crippen LogP contribution >= 0.6 is 0 Å². The third-order valence-corrected chi connectivity index (χ3v) is 3.85. The van der Waals surface area contributed by atoms with Gasteiger partial charge < -0.3 is 14.8 Å². The summed E-state index contributed by atoms with van der Waals surface area (Å²) in [6, 6.07) is 5.53. The second-order valence-electron chi connectivity index (χ2n) is 5.38. The van der Waals surface area contributed by atoms with Crippen LogP contribution in [0.3, 0.4) is 0 Å². The number of amides is 1. The van der Waals surface area contributed by atoms with E-state index in [0.717, 1.165) is 28.1 Å². The lowest BCUT2D eigenvalue weighted by Crippen LogP contribution is -2.25. The molecule has 0 radical (unpaired) electrons. The van der Waals surface area contributed by atoms with Crippen LogP contribution in [0.4, 0.5) is 0 Å². The fourth-order valence-electron chi connectivity index (χ4n) is 2.60. The van der Waals surface area contributed by atoms with Gasteiger partial charge in [0.2, 0.25) is 0 Å². The van der Waals surface area contributed by atoms with Crippen molar-refractivity contribution < 1.29 is 14.3 Å². The molecule has 0 aliphatic heterocycles. The zero-order chi connectivity index (χ0) is 17.0. The van der Waals surface area contributed by atoms with E-state index < -0.39 is 0 Å². The number of nitrogens with one attached hydrogen (secondary N) is 1. The molecule has 5 nitrogen and oxygen atoms in total. The van der Waals surface area contributed by atoms with Gasteiger partial charge in [-0.05, 0) is 32.4 Å². The van der Waals surface area contributed by atoms with Gasteiger partial charge in [-0.15, -0.1) is 0 Å². The van der Waals surface area contributed by atoms with Crippen LogP contribution in [0.5, 0.6) is 11.5 Å². The van der Waals surface area contributed by atoms with Crippen LogP contribution in [0.15, 0.2) is 24.4 Å². The van der Waals surface area contributed by atoms with Crippen LogP contribution in [-0.4, -0.2) is 25.1 Å². The summed E-state index contributed by atoms with van der Waals surface area (Å²) in [5, 5.41) is 2.91. The number of hydrogen-bond donors (Lipinski definition) is 1. The Bertz CT molecular complexity index is 726. The first-order valence-electron chi connectivity index (χ1n) is 7.40. The van der Waals surface area contributed by atoms with Crippen LogP contribution in [0.25, 0.3) is 0 Å². The number of carbonyl (C=O) groups excluding carboxylic acids is 1. The largest absolute Gasteiger partial charge is 0.496 e. The van der Waals surface area contributed by atoms with Crippen LogP contribution in [0.2, 0.25) is 0 Å². The zero-order valence-electron chi connectivity index (χ0n) is 14.2. The third kappa shape index (κ3) is 3.44. The Morgan fingerprint density at radius 2 is 1.87 bits per heavy atom. The van der Waals surface area contributed by atoms with E-state index in [-0.39, 0.29) is 5.91 Å². The molecule has 2 aromatic rings. The number of nitrogens with zero attached hydrogens (tertiary/aromatic N) is 1. The molecule has 1 amide bonds. The first-order chi connectivity index (χ1) is 11.0. The predicted molar refractivity (Wildman–Crippen MR) is 89.2 cm³/mol. The molecule has 1 aromatic heterocycles. The Morgan fingerprint density at radius 3 is 2.52 bits per heavy atom. The minimum absolute atomic E-state index is 0.180. The van der Waals surface area contributed by atoms with Gasteiger partial charge >= 0.3 is 0 Å². The standard InChI is InChI=1S/C18H22N2O3/c1-11-7-6-8-15(22-4)16(11)18(21)20-10-14-13(3)17(23-5)12(2)9-19-14/h6-9H,10H2,1-5H3,(H,20,21). The van der Waals surface area contributed by atoms with Crippen molar-refractivity contribution in [1.82, 2.24) is 10.3 Å². The van der Waals surface area contributed by atoms with Crippen molar-refractivity contribution in [3.63, 3.8) is 0 Å². The van der Waals surface area contributed by atoms with Gasteiger partial charge in [-0.25, -0.2) is 0 Å². The Hall–Kier alpha value is -2.56. The van der Waals surface area contributed by atoms with Crippen molar-refractivity contribution in [3.8, 4) is 11.5 Å². The maximum absolute atomic E-state index is 12.5. The predicted octanol–water partition coefficient (Wildman–Crippen LogP) is 2.95. The Balaban J connectivity index is 2.21. The Morgan fingerprint density at radius 1 is 1.13 bits per heavy atom. The van der Waals surface area contributed by atoms with Gasteiger partial charge in [0.15, 0.2) is 0 Å². The molecule has 0 saturated heterocycles. The number of aryl methyl sites for hydroxylation is 2. The Kier molecular flexibility index (Phi) is 5.21. The average molecular weight is 314 g/mol. The number of ether oxygens (including phenoxy) is 2. The maximum atomic E-state index is 12.5. The molecule has 0 atom stereocenters. The van der Waals surface area contributed by atoms with Crippen molar-refractivity contribution in [2.24, 2.45) is 0 Å². The number of benzene rings is 1. The molecule has 2 rings (SSSR count). The summed E-state index contributed by atoms with van der Waals surface area (Å²) in [4.78, 5) is 16.9. The van der Waals surface area contributed by atoms with E-state index in [1.807, 2.05) is 32.9 Å². The van der Waals surface area contributed by atoms with Crippen molar-refractivity contribution in [1.29, 1.82) is 0 Å². The normalized spacial score (nSPS) is 10.3. The maximum Gasteiger partial charge on any atom is 0.255 e. The quantitative estimate of drug-likeness (QED) is 0.922. The van der Waals surface area contributed by atoms with Gasteiger partial charge in [-0.1, -0.05) is 12.1 Å². The molecular formula is C18H22N2O3. The summed E-state index contributed by atoms with van der Waals surface area (Å²) < 4.78 is 10.7. The number of aromatic nitrogens is 1. The molecule has 0 aliphatic rings. The van der Waals surface area contributed by atoms with Crippen LogP contribution < -0.4 is 14.8 Å².